The number of carbonyl (C=O) groups excluding carboxylic acids is 6. The second-order valence-corrected chi connectivity index (χ2v) is 6.30. The van der Waals surface area contributed by atoms with Crippen molar-refractivity contribution in [2.45, 2.75) is 25.8 Å². The number of amides is 6. The van der Waals surface area contributed by atoms with Crippen molar-refractivity contribution in [1.29, 1.82) is 0 Å². The lowest BCUT2D eigenvalue weighted by Crippen LogP contribution is -2.49. The first kappa shape index (κ1) is 22.5. The highest BCUT2D eigenvalue weighted by molar-refractivity contribution is 6.24. The Morgan fingerprint density at radius 3 is 2.57 bits per heavy atom. The van der Waals surface area contributed by atoms with Gasteiger partial charge in [-0.15, -0.1) is 0 Å². The van der Waals surface area contributed by atoms with Gasteiger partial charge in [0, 0.05) is 13.1 Å². The van der Waals surface area contributed by atoms with Crippen molar-refractivity contribution in [3.05, 3.63) is 29.3 Å². The van der Waals surface area contributed by atoms with Crippen molar-refractivity contribution in [1.82, 2.24) is 20.9 Å². The molecule has 0 saturated heterocycles. The number of rotatable bonds is 12. The fourth-order valence-corrected chi connectivity index (χ4v) is 3.01. The van der Waals surface area contributed by atoms with Gasteiger partial charge in [-0.25, -0.2) is 0 Å². The van der Waals surface area contributed by atoms with E-state index >= 15 is 0 Å². The maximum Gasteiger partial charge on any atom is 0.266 e. The normalized spacial score (nSPS) is 13.3. The number of carbonyl (C=O) groups is 6. The Morgan fingerprint density at radius 2 is 1.90 bits per heavy atom. The first-order valence-electron chi connectivity index (χ1n) is 9.27. The van der Waals surface area contributed by atoms with Crippen LogP contribution in [0.5, 0.6) is 5.75 Å². The summed E-state index contributed by atoms with van der Waals surface area (Å²) in [5, 5.41) is 6.88. The summed E-state index contributed by atoms with van der Waals surface area (Å²) in [4.78, 5) is 71.4. The van der Waals surface area contributed by atoms with E-state index in [1.54, 1.807) is 6.92 Å². The third-order valence-corrected chi connectivity index (χ3v) is 4.32. The number of hydrogen-bond acceptors (Lipinski definition) is 7. The molecule has 1 aromatic carbocycles. The van der Waals surface area contributed by atoms with E-state index in [-0.39, 0.29) is 42.8 Å². The molecule has 3 N–H and O–H groups in total. The number of nitrogens with zero attached hydrogens (tertiary/aromatic N) is 1. The van der Waals surface area contributed by atoms with Crippen LogP contribution in [-0.4, -0.2) is 67.1 Å². The number of ether oxygens (including phenoxy) is 1. The van der Waals surface area contributed by atoms with Crippen LogP contribution in [0.1, 0.15) is 40.5 Å². The standard InChI is InChI=1S/C19H22N4O7/c1-2-4-13(17(27)22-11-25)23-18(28)12-5-3-6-14(16(12)19(23)29)30-9-15(26)21-8-7-20-10-24/h3,5-6,10-11,13H,2,4,7-9H2,1H3,(H,20,24)(H,21,26)(H,22,25,27). The molecule has 30 heavy (non-hydrogen) atoms. The molecule has 1 aliphatic rings. The molecule has 160 valence electrons. The maximum atomic E-state index is 13.0. The van der Waals surface area contributed by atoms with Crippen LogP contribution in [0.25, 0.3) is 0 Å². The topological polar surface area (TPSA) is 151 Å². The van der Waals surface area contributed by atoms with Gasteiger partial charge in [0.25, 0.3) is 17.7 Å². The van der Waals surface area contributed by atoms with Crippen LogP contribution in [0.15, 0.2) is 18.2 Å². The minimum Gasteiger partial charge on any atom is -0.483 e. The van der Waals surface area contributed by atoms with Crippen LogP contribution in [0.2, 0.25) is 0 Å². The lowest BCUT2D eigenvalue weighted by atomic mass is 10.1. The maximum absolute atomic E-state index is 13.0. The number of fused-ring (bicyclic) bond motifs is 1. The predicted molar refractivity (Wildman–Crippen MR) is 102 cm³/mol. The molecule has 1 aromatic rings. The molecule has 11 heteroatoms. The third kappa shape index (κ3) is 4.99. The second-order valence-electron chi connectivity index (χ2n) is 6.30. The highest BCUT2D eigenvalue weighted by Gasteiger charge is 2.44. The molecule has 1 aliphatic heterocycles. The number of hydrogen-bond donors (Lipinski definition) is 3. The summed E-state index contributed by atoms with van der Waals surface area (Å²) >= 11 is 0. The molecular weight excluding hydrogens is 396 g/mol. The van der Waals surface area contributed by atoms with Crippen molar-refractivity contribution < 1.29 is 33.5 Å². The number of imide groups is 2. The Bertz CT molecular complexity index is 855. The molecule has 11 nitrogen and oxygen atoms in total. The van der Waals surface area contributed by atoms with Gasteiger partial charge in [-0.1, -0.05) is 19.4 Å². The second kappa shape index (κ2) is 10.7. The smallest absolute Gasteiger partial charge is 0.266 e. The van der Waals surface area contributed by atoms with Gasteiger partial charge in [-0.2, -0.15) is 0 Å². The van der Waals surface area contributed by atoms with Gasteiger partial charge < -0.3 is 15.4 Å². The van der Waals surface area contributed by atoms with E-state index in [0.717, 1.165) is 4.90 Å². The summed E-state index contributed by atoms with van der Waals surface area (Å²) < 4.78 is 5.42. The van der Waals surface area contributed by atoms with E-state index in [1.807, 2.05) is 5.32 Å². The first-order valence-corrected chi connectivity index (χ1v) is 9.27. The van der Waals surface area contributed by atoms with Crippen LogP contribution in [0.3, 0.4) is 0 Å². The summed E-state index contributed by atoms with van der Waals surface area (Å²) in [7, 11) is 0. The lowest BCUT2D eigenvalue weighted by molar-refractivity contribution is -0.128. The van der Waals surface area contributed by atoms with Gasteiger partial charge in [0.2, 0.25) is 18.7 Å². The van der Waals surface area contributed by atoms with Gasteiger partial charge >= 0.3 is 0 Å². The molecule has 0 aliphatic carbocycles. The lowest BCUT2D eigenvalue weighted by Gasteiger charge is -2.24. The van der Waals surface area contributed by atoms with Crippen LogP contribution in [-0.2, 0) is 19.2 Å². The summed E-state index contributed by atoms with van der Waals surface area (Å²) in [6.07, 6.45) is 1.37. The minimum atomic E-state index is -1.14. The molecule has 2 rings (SSSR count). The van der Waals surface area contributed by atoms with E-state index in [0.29, 0.717) is 12.8 Å². The predicted octanol–water partition coefficient (Wildman–Crippen LogP) is -1.04. The number of benzene rings is 1. The van der Waals surface area contributed by atoms with Crippen LogP contribution in [0, 0.1) is 0 Å². The molecule has 0 bridgehead atoms. The highest BCUT2D eigenvalue weighted by Crippen LogP contribution is 2.33. The fourth-order valence-electron chi connectivity index (χ4n) is 3.01. The Balaban J connectivity index is 2.17. The van der Waals surface area contributed by atoms with E-state index in [1.165, 1.54) is 18.2 Å². The summed E-state index contributed by atoms with van der Waals surface area (Å²) in [6.45, 7) is 1.81. The third-order valence-electron chi connectivity index (χ3n) is 4.32. The molecule has 0 fully saturated rings. The molecule has 1 unspecified atom stereocenters. The van der Waals surface area contributed by atoms with Gasteiger partial charge in [0.05, 0.1) is 11.1 Å². The van der Waals surface area contributed by atoms with Crippen LogP contribution in [0.4, 0.5) is 0 Å². The monoisotopic (exact) mass is 418 g/mol. The average Bonchev–Trinajstić information content (AvgIpc) is 2.99. The van der Waals surface area contributed by atoms with Crippen molar-refractivity contribution >= 4 is 36.4 Å². The summed E-state index contributed by atoms with van der Waals surface area (Å²) in [5.41, 5.74) is 0.00558. The minimum absolute atomic E-state index is 0.0283. The quantitative estimate of drug-likeness (QED) is 0.223. The zero-order valence-electron chi connectivity index (χ0n) is 16.3. The summed E-state index contributed by atoms with van der Waals surface area (Å²) in [5.74, 6) is -2.62. The zero-order valence-corrected chi connectivity index (χ0v) is 16.3. The van der Waals surface area contributed by atoms with Crippen molar-refractivity contribution in [3.63, 3.8) is 0 Å². The van der Waals surface area contributed by atoms with Gasteiger partial charge in [-0.3, -0.25) is 39.0 Å². The molecular formula is C19H22N4O7. The van der Waals surface area contributed by atoms with E-state index < -0.39 is 36.3 Å². The zero-order chi connectivity index (χ0) is 22.1. The van der Waals surface area contributed by atoms with Crippen molar-refractivity contribution in [2.75, 3.05) is 19.7 Å². The van der Waals surface area contributed by atoms with Crippen molar-refractivity contribution in [2.24, 2.45) is 0 Å². The largest absolute Gasteiger partial charge is 0.483 e. The molecule has 0 saturated carbocycles. The van der Waals surface area contributed by atoms with Crippen LogP contribution >= 0.6 is 0 Å². The highest BCUT2D eigenvalue weighted by atomic mass is 16.5. The van der Waals surface area contributed by atoms with Crippen molar-refractivity contribution in [3.8, 4) is 5.75 Å². The van der Waals surface area contributed by atoms with Crippen LogP contribution < -0.4 is 20.7 Å². The SMILES string of the molecule is CCCC(C(=O)NC=O)N1C(=O)c2cccc(OCC(=O)NCCNC=O)c2C1=O. The fraction of sp³-hybridized carbons (Fsp3) is 0.368. The average molecular weight is 418 g/mol. The Labute approximate surface area is 172 Å². The van der Waals surface area contributed by atoms with E-state index in [2.05, 4.69) is 10.6 Å². The molecule has 0 aromatic heterocycles. The first-order chi connectivity index (χ1) is 14.5. The molecule has 1 atom stereocenters. The Kier molecular flexibility index (Phi) is 8.03. The molecule has 6 amide bonds. The number of nitrogens with one attached hydrogen (secondary N) is 3. The molecule has 1 heterocycles. The van der Waals surface area contributed by atoms with E-state index in [9.17, 15) is 28.8 Å². The summed E-state index contributed by atoms with van der Waals surface area (Å²) in [6, 6.07) is 3.22. The molecule has 0 spiro atoms. The Morgan fingerprint density at radius 1 is 1.13 bits per heavy atom. The Hall–Kier alpha value is -3.76. The van der Waals surface area contributed by atoms with Gasteiger partial charge in [0.1, 0.15) is 11.8 Å². The van der Waals surface area contributed by atoms with E-state index in [4.69, 9.17) is 4.74 Å². The van der Waals surface area contributed by atoms with Gasteiger partial charge in [0.15, 0.2) is 6.61 Å². The van der Waals surface area contributed by atoms with Gasteiger partial charge in [-0.05, 0) is 18.6 Å². The molecule has 0 radical (unpaired) electrons.